The summed E-state index contributed by atoms with van der Waals surface area (Å²) in [6.07, 6.45) is 5.18. The molecule has 0 aliphatic heterocycles. The molecular weight excluding hydrogens is 152 g/mol. The van der Waals surface area contributed by atoms with Crippen LogP contribution in [0.2, 0.25) is 0 Å². The molecule has 0 N–H and O–H groups in total. The van der Waals surface area contributed by atoms with Crippen LogP contribution >= 0.6 is 0 Å². The maximum atomic E-state index is 10.8. The van der Waals surface area contributed by atoms with Gasteiger partial charge in [-0.3, -0.25) is 4.79 Å². The molecule has 2 nitrogen and oxygen atoms in total. The van der Waals surface area contributed by atoms with E-state index in [0.29, 0.717) is 5.41 Å². The SMILES string of the molecule is CC(=O)O[C@H]1C[C@H]2CC[C@]1(C)C2. The molecule has 3 atom stereocenters. The molecule has 0 aromatic carbocycles. The maximum Gasteiger partial charge on any atom is 0.302 e. The van der Waals surface area contributed by atoms with E-state index < -0.39 is 0 Å². The molecule has 0 heterocycles. The fourth-order valence-corrected chi connectivity index (χ4v) is 2.87. The molecule has 2 fully saturated rings. The van der Waals surface area contributed by atoms with E-state index in [2.05, 4.69) is 6.92 Å². The fraction of sp³-hybridized carbons (Fsp3) is 0.900. The van der Waals surface area contributed by atoms with Crippen molar-refractivity contribution in [3.63, 3.8) is 0 Å². The van der Waals surface area contributed by atoms with Crippen molar-refractivity contribution >= 4 is 5.97 Å². The summed E-state index contributed by atoms with van der Waals surface area (Å²) in [5, 5.41) is 0. The van der Waals surface area contributed by atoms with E-state index >= 15 is 0 Å². The van der Waals surface area contributed by atoms with Crippen LogP contribution in [0.1, 0.15) is 39.5 Å². The lowest BCUT2D eigenvalue weighted by atomic mass is 9.84. The second-order valence-electron chi connectivity index (χ2n) is 4.60. The standard InChI is InChI=1S/C10H16O2/c1-7(11)12-9-5-8-3-4-10(9,2)6-8/h8-9H,3-6H2,1-2H3/t8-,9+,10-/m1/s1. The van der Waals surface area contributed by atoms with Gasteiger partial charge >= 0.3 is 5.97 Å². The molecule has 0 radical (unpaired) electrons. The van der Waals surface area contributed by atoms with Crippen molar-refractivity contribution in [2.24, 2.45) is 11.3 Å². The molecule has 0 aromatic heterocycles. The smallest absolute Gasteiger partial charge is 0.302 e. The summed E-state index contributed by atoms with van der Waals surface area (Å²) in [5.41, 5.74) is 0.316. The molecule has 2 heteroatoms. The minimum atomic E-state index is -0.117. The average Bonchev–Trinajstić information content (AvgIpc) is 2.42. The molecule has 68 valence electrons. The number of carbonyl (C=O) groups excluding carboxylic acids is 1. The molecule has 2 aliphatic rings. The van der Waals surface area contributed by atoms with E-state index in [9.17, 15) is 4.79 Å². The van der Waals surface area contributed by atoms with Gasteiger partial charge in [0.2, 0.25) is 0 Å². The van der Waals surface area contributed by atoms with E-state index in [-0.39, 0.29) is 12.1 Å². The van der Waals surface area contributed by atoms with Crippen molar-refractivity contribution < 1.29 is 9.53 Å². The van der Waals surface area contributed by atoms with Gasteiger partial charge in [0.15, 0.2) is 0 Å². The third-order valence-electron chi connectivity index (χ3n) is 3.51. The number of fused-ring (bicyclic) bond motifs is 2. The van der Waals surface area contributed by atoms with Crippen LogP contribution in [0.3, 0.4) is 0 Å². The first-order valence-corrected chi connectivity index (χ1v) is 4.77. The Kier molecular flexibility index (Phi) is 1.67. The Bertz CT molecular complexity index is 212. The monoisotopic (exact) mass is 168 g/mol. The second kappa shape index (κ2) is 2.48. The van der Waals surface area contributed by atoms with E-state index in [1.165, 1.54) is 26.2 Å². The van der Waals surface area contributed by atoms with Gasteiger partial charge in [0.1, 0.15) is 6.10 Å². The quantitative estimate of drug-likeness (QED) is 0.561. The van der Waals surface area contributed by atoms with Gasteiger partial charge in [0.05, 0.1) is 0 Å². The molecule has 0 aromatic rings. The predicted molar refractivity (Wildman–Crippen MR) is 45.6 cm³/mol. The van der Waals surface area contributed by atoms with Crippen molar-refractivity contribution in [1.82, 2.24) is 0 Å². The van der Waals surface area contributed by atoms with Crippen LogP contribution in [0.4, 0.5) is 0 Å². The first-order chi connectivity index (χ1) is 5.60. The number of hydrogen-bond donors (Lipinski definition) is 0. The Morgan fingerprint density at radius 1 is 1.58 bits per heavy atom. The van der Waals surface area contributed by atoms with Crippen LogP contribution in [0.25, 0.3) is 0 Å². The molecule has 2 bridgehead atoms. The summed E-state index contributed by atoms with van der Waals surface area (Å²) in [6.45, 7) is 3.77. The molecule has 2 rings (SSSR count). The van der Waals surface area contributed by atoms with Crippen molar-refractivity contribution in [2.45, 2.75) is 45.6 Å². The highest BCUT2D eigenvalue weighted by Crippen LogP contribution is 2.54. The molecule has 0 saturated heterocycles. The molecule has 2 aliphatic carbocycles. The van der Waals surface area contributed by atoms with Crippen molar-refractivity contribution in [1.29, 1.82) is 0 Å². The predicted octanol–water partition coefficient (Wildman–Crippen LogP) is 2.13. The van der Waals surface area contributed by atoms with Gasteiger partial charge in [0, 0.05) is 12.3 Å². The number of rotatable bonds is 1. The Morgan fingerprint density at radius 3 is 2.75 bits per heavy atom. The van der Waals surface area contributed by atoms with Crippen LogP contribution in [0.15, 0.2) is 0 Å². The van der Waals surface area contributed by atoms with Gasteiger partial charge in [0.25, 0.3) is 0 Å². The number of hydrogen-bond acceptors (Lipinski definition) is 2. The molecule has 0 amide bonds. The van der Waals surface area contributed by atoms with Gasteiger partial charge < -0.3 is 4.74 Å². The molecule has 2 saturated carbocycles. The lowest BCUT2D eigenvalue weighted by molar-refractivity contribution is -0.152. The molecule has 0 unspecified atom stereocenters. The minimum absolute atomic E-state index is 0.117. The average molecular weight is 168 g/mol. The first-order valence-electron chi connectivity index (χ1n) is 4.77. The fourth-order valence-electron chi connectivity index (χ4n) is 2.87. The molecular formula is C10H16O2. The topological polar surface area (TPSA) is 26.3 Å². The highest BCUT2D eigenvalue weighted by atomic mass is 16.5. The Hall–Kier alpha value is -0.530. The van der Waals surface area contributed by atoms with E-state index in [1.807, 2.05) is 0 Å². The van der Waals surface area contributed by atoms with Crippen LogP contribution in [-0.4, -0.2) is 12.1 Å². The third kappa shape index (κ3) is 1.13. The largest absolute Gasteiger partial charge is 0.462 e. The lowest BCUT2D eigenvalue weighted by Gasteiger charge is -2.30. The molecule has 0 spiro atoms. The third-order valence-corrected chi connectivity index (χ3v) is 3.51. The van der Waals surface area contributed by atoms with Crippen LogP contribution in [0, 0.1) is 11.3 Å². The second-order valence-corrected chi connectivity index (χ2v) is 4.60. The molecule has 12 heavy (non-hydrogen) atoms. The highest BCUT2D eigenvalue weighted by molar-refractivity contribution is 5.66. The first kappa shape index (κ1) is 8.09. The van der Waals surface area contributed by atoms with Gasteiger partial charge in [-0.2, -0.15) is 0 Å². The van der Waals surface area contributed by atoms with E-state index in [1.54, 1.807) is 0 Å². The summed E-state index contributed by atoms with van der Waals surface area (Å²) in [6, 6.07) is 0. The Labute approximate surface area is 73.3 Å². The maximum absolute atomic E-state index is 10.8. The number of carbonyl (C=O) groups is 1. The van der Waals surface area contributed by atoms with Crippen molar-refractivity contribution in [3.8, 4) is 0 Å². The summed E-state index contributed by atoms with van der Waals surface area (Å²) in [7, 11) is 0. The van der Waals surface area contributed by atoms with Gasteiger partial charge in [-0.1, -0.05) is 6.92 Å². The highest BCUT2D eigenvalue weighted by Gasteiger charge is 2.50. The van der Waals surface area contributed by atoms with Crippen LogP contribution in [0.5, 0.6) is 0 Å². The zero-order valence-corrected chi connectivity index (χ0v) is 7.80. The summed E-state index contributed by atoms with van der Waals surface area (Å²) in [4.78, 5) is 10.8. The zero-order valence-electron chi connectivity index (χ0n) is 7.80. The van der Waals surface area contributed by atoms with E-state index in [4.69, 9.17) is 4.74 Å². The summed E-state index contributed by atoms with van der Waals surface area (Å²) in [5.74, 6) is 0.716. The minimum Gasteiger partial charge on any atom is -0.462 e. The number of ether oxygens (including phenoxy) is 1. The van der Waals surface area contributed by atoms with Crippen LogP contribution < -0.4 is 0 Å². The zero-order chi connectivity index (χ0) is 8.77. The number of esters is 1. The summed E-state index contributed by atoms with van der Waals surface area (Å²) < 4.78 is 5.31. The van der Waals surface area contributed by atoms with Crippen molar-refractivity contribution in [3.05, 3.63) is 0 Å². The van der Waals surface area contributed by atoms with Gasteiger partial charge in [-0.15, -0.1) is 0 Å². The normalized spacial score (nSPS) is 44.8. The Balaban J connectivity index is 2.05. The summed E-state index contributed by atoms with van der Waals surface area (Å²) >= 11 is 0. The van der Waals surface area contributed by atoms with Gasteiger partial charge in [-0.05, 0) is 31.6 Å². The Morgan fingerprint density at radius 2 is 2.33 bits per heavy atom. The lowest BCUT2D eigenvalue weighted by Crippen LogP contribution is -2.31. The van der Waals surface area contributed by atoms with Crippen molar-refractivity contribution in [2.75, 3.05) is 0 Å². The van der Waals surface area contributed by atoms with E-state index in [0.717, 1.165) is 12.3 Å². The van der Waals surface area contributed by atoms with Crippen LogP contribution in [-0.2, 0) is 9.53 Å². The van der Waals surface area contributed by atoms with Gasteiger partial charge in [-0.25, -0.2) is 0 Å².